The summed E-state index contributed by atoms with van der Waals surface area (Å²) in [6.45, 7) is 1.61. The van der Waals surface area contributed by atoms with Gasteiger partial charge >= 0.3 is 5.97 Å². The van der Waals surface area contributed by atoms with Crippen LogP contribution < -0.4 is 4.72 Å². The van der Waals surface area contributed by atoms with Crippen LogP contribution in [0.2, 0.25) is 0 Å². The van der Waals surface area contributed by atoms with Crippen molar-refractivity contribution >= 4 is 43.2 Å². The van der Waals surface area contributed by atoms with Crippen molar-refractivity contribution in [2.75, 3.05) is 4.72 Å². The van der Waals surface area contributed by atoms with Gasteiger partial charge in [-0.05, 0) is 42.8 Å². The van der Waals surface area contributed by atoms with Crippen LogP contribution in [-0.4, -0.2) is 24.5 Å². The van der Waals surface area contributed by atoms with Crippen molar-refractivity contribution < 1.29 is 18.3 Å². The van der Waals surface area contributed by atoms with Crippen LogP contribution in [0.1, 0.15) is 15.9 Å². The van der Waals surface area contributed by atoms with Crippen molar-refractivity contribution in [3.8, 4) is 0 Å². The van der Waals surface area contributed by atoms with E-state index in [9.17, 15) is 13.2 Å². The van der Waals surface area contributed by atoms with Gasteiger partial charge in [-0.15, -0.1) is 11.3 Å². The average Bonchev–Trinajstić information content (AvgIpc) is 2.94. The molecule has 0 bridgehead atoms. The third kappa shape index (κ3) is 3.03. The number of fused-ring (bicyclic) bond motifs is 1. The fraction of sp³-hybridized carbons (Fsp3) is 0.0667. The minimum absolute atomic E-state index is 0.0390. The van der Waals surface area contributed by atoms with Gasteiger partial charge in [0.05, 0.1) is 31.9 Å². The van der Waals surface area contributed by atoms with E-state index in [1.165, 1.54) is 23.5 Å². The fourth-order valence-corrected chi connectivity index (χ4v) is 3.87. The summed E-state index contributed by atoms with van der Waals surface area (Å²) >= 11 is 1.46. The van der Waals surface area contributed by atoms with Gasteiger partial charge in [0.25, 0.3) is 10.0 Å². The summed E-state index contributed by atoms with van der Waals surface area (Å²) in [6, 6.07) is 9.07. The van der Waals surface area contributed by atoms with Crippen LogP contribution in [0.15, 0.2) is 46.8 Å². The first-order chi connectivity index (χ1) is 10.9. The molecule has 3 rings (SSSR count). The largest absolute Gasteiger partial charge is 0.478 e. The SMILES string of the molecule is Cc1ccc(S(=O)(=O)Nc2ccc3scnc3c2)cc1C(=O)O. The van der Waals surface area contributed by atoms with Gasteiger partial charge in [0.1, 0.15) is 0 Å². The van der Waals surface area contributed by atoms with Crippen LogP contribution in [0.3, 0.4) is 0 Å². The topological polar surface area (TPSA) is 96.4 Å². The maximum absolute atomic E-state index is 12.4. The lowest BCUT2D eigenvalue weighted by molar-refractivity contribution is 0.0696. The molecule has 0 unspecified atom stereocenters. The molecule has 6 nitrogen and oxygen atoms in total. The molecule has 0 fully saturated rings. The zero-order valence-corrected chi connectivity index (χ0v) is 13.6. The second-order valence-electron chi connectivity index (χ2n) is 4.92. The van der Waals surface area contributed by atoms with E-state index in [0.717, 1.165) is 10.8 Å². The Labute approximate surface area is 136 Å². The number of benzene rings is 2. The standard InChI is InChI=1S/C15H12N2O4S2/c1-9-2-4-11(7-12(9)15(18)19)23(20,21)17-10-3-5-14-13(6-10)16-8-22-14/h2-8,17H,1H3,(H,18,19). The predicted octanol–water partition coefficient (Wildman–Crippen LogP) is 3.10. The van der Waals surface area contributed by atoms with Gasteiger partial charge in [-0.3, -0.25) is 4.72 Å². The average molecular weight is 348 g/mol. The summed E-state index contributed by atoms with van der Waals surface area (Å²) in [5.41, 5.74) is 3.22. The smallest absolute Gasteiger partial charge is 0.335 e. The molecular formula is C15H12N2O4S2. The zero-order chi connectivity index (χ0) is 16.6. The number of carbonyl (C=O) groups is 1. The molecular weight excluding hydrogens is 336 g/mol. The number of nitrogens with one attached hydrogen (secondary N) is 1. The first kappa shape index (κ1) is 15.4. The Balaban J connectivity index is 1.98. The van der Waals surface area contributed by atoms with Gasteiger partial charge in [-0.1, -0.05) is 6.07 Å². The minimum Gasteiger partial charge on any atom is -0.478 e. The Morgan fingerprint density at radius 3 is 2.74 bits per heavy atom. The number of aryl methyl sites for hydroxylation is 1. The Kier molecular flexibility index (Phi) is 3.78. The summed E-state index contributed by atoms with van der Waals surface area (Å²) in [7, 11) is -3.88. The number of sulfonamides is 1. The van der Waals surface area contributed by atoms with E-state index >= 15 is 0 Å². The highest BCUT2D eigenvalue weighted by Gasteiger charge is 2.18. The molecule has 118 valence electrons. The van der Waals surface area contributed by atoms with Gasteiger partial charge in [-0.2, -0.15) is 0 Å². The van der Waals surface area contributed by atoms with E-state index in [-0.39, 0.29) is 10.5 Å². The van der Waals surface area contributed by atoms with E-state index in [1.807, 2.05) is 0 Å². The summed E-state index contributed by atoms with van der Waals surface area (Å²) in [6.07, 6.45) is 0. The van der Waals surface area contributed by atoms with Gasteiger partial charge in [0, 0.05) is 0 Å². The van der Waals surface area contributed by atoms with Gasteiger partial charge in [-0.25, -0.2) is 18.2 Å². The van der Waals surface area contributed by atoms with Crippen molar-refractivity contribution in [1.29, 1.82) is 0 Å². The quantitative estimate of drug-likeness (QED) is 0.755. The van der Waals surface area contributed by atoms with Crippen LogP contribution in [0, 0.1) is 6.92 Å². The van der Waals surface area contributed by atoms with E-state index in [4.69, 9.17) is 5.11 Å². The number of carboxylic acid groups (broad SMARTS) is 1. The second-order valence-corrected chi connectivity index (χ2v) is 7.49. The molecule has 0 saturated carbocycles. The van der Waals surface area contributed by atoms with Crippen molar-refractivity contribution in [3.05, 3.63) is 53.0 Å². The third-order valence-electron chi connectivity index (χ3n) is 3.33. The number of anilines is 1. The number of aromatic nitrogens is 1. The van der Waals surface area contributed by atoms with Crippen LogP contribution >= 0.6 is 11.3 Å². The summed E-state index contributed by atoms with van der Waals surface area (Å²) < 4.78 is 28.3. The number of hydrogen-bond donors (Lipinski definition) is 2. The lowest BCUT2D eigenvalue weighted by atomic mass is 10.1. The maximum atomic E-state index is 12.4. The van der Waals surface area contributed by atoms with E-state index in [1.54, 1.807) is 30.6 Å². The summed E-state index contributed by atoms with van der Waals surface area (Å²) in [4.78, 5) is 15.2. The van der Waals surface area contributed by atoms with E-state index < -0.39 is 16.0 Å². The number of rotatable bonds is 4. The summed E-state index contributed by atoms with van der Waals surface area (Å²) in [5, 5.41) is 9.12. The molecule has 0 aliphatic carbocycles. The lowest BCUT2D eigenvalue weighted by Crippen LogP contribution is -2.14. The van der Waals surface area contributed by atoms with Crippen LogP contribution in [0.4, 0.5) is 5.69 Å². The Hall–Kier alpha value is -2.45. The third-order valence-corrected chi connectivity index (χ3v) is 5.52. The van der Waals surface area contributed by atoms with Gasteiger partial charge < -0.3 is 5.11 Å². The van der Waals surface area contributed by atoms with Crippen molar-refractivity contribution in [2.45, 2.75) is 11.8 Å². The number of nitrogens with zero attached hydrogens (tertiary/aromatic N) is 1. The molecule has 0 aliphatic rings. The molecule has 1 heterocycles. The van der Waals surface area contributed by atoms with Gasteiger partial charge in [0.15, 0.2) is 0 Å². The molecule has 1 aromatic heterocycles. The van der Waals surface area contributed by atoms with Crippen molar-refractivity contribution in [3.63, 3.8) is 0 Å². The molecule has 0 aliphatic heterocycles. The maximum Gasteiger partial charge on any atom is 0.335 e. The zero-order valence-electron chi connectivity index (χ0n) is 12.0. The van der Waals surface area contributed by atoms with Crippen LogP contribution in [-0.2, 0) is 10.0 Å². The highest BCUT2D eigenvalue weighted by atomic mass is 32.2. The molecule has 23 heavy (non-hydrogen) atoms. The van der Waals surface area contributed by atoms with Crippen molar-refractivity contribution in [1.82, 2.24) is 4.98 Å². The van der Waals surface area contributed by atoms with Crippen molar-refractivity contribution in [2.24, 2.45) is 0 Å². The first-order valence-electron chi connectivity index (χ1n) is 6.57. The number of thiazole rings is 1. The number of carboxylic acids is 1. The molecule has 0 atom stereocenters. The molecule has 2 aromatic carbocycles. The first-order valence-corrected chi connectivity index (χ1v) is 8.93. The normalized spacial score (nSPS) is 11.5. The lowest BCUT2D eigenvalue weighted by Gasteiger charge is -2.10. The van der Waals surface area contributed by atoms with Gasteiger partial charge in [0.2, 0.25) is 0 Å². The van der Waals surface area contributed by atoms with Crippen LogP contribution in [0.5, 0.6) is 0 Å². The molecule has 0 radical (unpaired) electrons. The minimum atomic E-state index is -3.88. The molecule has 0 spiro atoms. The Morgan fingerprint density at radius 2 is 2.00 bits per heavy atom. The predicted molar refractivity (Wildman–Crippen MR) is 88.6 cm³/mol. The van der Waals surface area contributed by atoms with E-state index in [2.05, 4.69) is 9.71 Å². The second kappa shape index (κ2) is 5.64. The molecule has 8 heteroatoms. The molecule has 2 N–H and O–H groups in total. The highest BCUT2D eigenvalue weighted by Crippen LogP contribution is 2.24. The number of hydrogen-bond acceptors (Lipinski definition) is 5. The monoisotopic (exact) mass is 348 g/mol. The summed E-state index contributed by atoms with van der Waals surface area (Å²) in [5.74, 6) is -1.16. The fourth-order valence-electron chi connectivity index (χ4n) is 2.13. The number of aromatic carboxylic acids is 1. The van der Waals surface area contributed by atoms with E-state index in [0.29, 0.717) is 16.8 Å². The Bertz CT molecular complexity index is 1010. The van der Waals surface area contributed by atoms with Crippen LogP contribution in [0.25, 0.3) is 10.2 Å². The highest BCUT2D eigenvalue weighted by molar-refractivity contribution is 7.92. The molecule has 0 saturated heterocycles. The Morgan fingerprint density at radius 1 is 1.22 bits per heavy atom. The molecule has 0 amide bonds. The molecule has 3 aromatic rings.